The van der Waals surface area contributed by atoms with Crippen molar-refractivity contribution < 1.29 is 14.1 Å². The molecule has 5 nitrogen and oxygen atoms in total. The lowest BCUT2D eigenvalue weighted by Crippen LogP contribution is -2.28. The fourth-order valence-electron chi connectivity index (χ4n) is 2.47. The van der Waals surface area contributed by atoms with Crippen LogP contribution < -0.4 is 4.90 Å². The summed E-state index contributed by atoms with van der Waals surface area (Å²) in [5, 5.41) is 10.8. The first-order chi connectivity index (χ1) is 10.1. The van der Waals surface area contributed by atoms with Crippen molar-refractivity contribution in [1.82, 2.24) is 0 Å². The number of nitro groups is 1. The van der Waals surface area contributed by atoms with E-state index in [1.54, 1.807) is 6.07 Å². The summed E-state index contributed by atoms with van der Waals surface area (Å²) in [5.74, 6) is -0.840. The van der Waals surface area contributed by atoms with E-state index in [0.29, 0.717) is 18.7 Å². The second kappa shape index (κ2) is 4.97. The van der Waals surface area contributed by atoms with Gasteiger partial charge in [-0.05, 0) is 30.2 Å². The van der Waals surface area contributed by atoms with Gasteiger partial charge in [0, 0.05) is 24.2 Å². The second-order valence-electron chi connectivity index (χ2n) is 4.79. The third kappa shape index (κ3) is 2.35. The highest BCUT2D eigenvalue weighted by atomic mass is 19.1. The van der Waals surface area contributed by atoms with Gasteiger partial charge in [-0.15, -0.1) is 0 Å². The van der Waals surface area contributed by atoms with Gasteiger partial charge in [0.05, 0.1) is 10.6 Å². The molecule has 2 aromatic carbocycles. The van der Waals surface area contributed by atoms with E-state index in [1.165, 1.54) is 35.2 Å². The van der Waals surface area contributed by atoms with Crippen molar-refractivity contribution in [2.24, 2.45) is 0 Å². The standard InChI is InChI=1S/C15H11FN2O3/c16-12-3-1-2-11(8-12)15(19)17-7-6-10-4-5-13(18(20)21)9-14(10)17/h1-5,8-9H,6-7H2. The molecule has 1 aliphatic heterocycles. The van der Waals surface area contributed by atoms with Crippen molar-refractivity contribution in [1.29, 1.82) is 0 Å². The Bertz CT molecular complexity index is 745. The summed E-state index contributed by atoms with van der Waals surface area (Å²) in [4.78, 5) is 24.2. The first-order valence-corrected chi connectivity index (χ1v) is 6.41. The van der Waals surface area contributed by atoms with Gasteiger partial charge in [-0.1, -0.05) is 12.1 Å². The van der Waals surface area contributed by atoms with Crippen LogP contribution in [0.5, 0.6) is 0 Å². The van der Waals surface area contributed by atoms with Gasteiger partial charge < -0.3 is 4.90 Å². The highest BCUT2D eigenvalue weighted by molar-refractivity contribution is 6.07. The van der Waals surface area contributed by atoms with Gasteiger partial charge >= 0.3 is 0 Å². The van der Waals surface area contributed by atoms with Crippen LogP contribution in [0.1, 0.15) is 15.9 Å². The molecule has 0 saturated carbocycles. The topological polar surface area (TPSA) is 63.5 Å². The number of nitro benzene ring substituents is 1. The number of nitrogens with zero attached hydrogens (tertiary/aromatic N) is 2. The Morgan fingerprint density at radius 1 is 1.24 bits per heavy atom. The van der Waals surface area contributed by atoms with E-state index in [9.17, 15) is 19.3 Å². The molecule has 0 N–H and O–H groups in total. The minimum atomic E-state index is -0.497. The molecule has 0 bridgehead atoms. The highest BCUT2D eigenvalue weighted by Crippen LogP contribution is 2.32. The number of hydrogen-bond acceptors (Lipinski definition) is 3. The molecule has 0 spiro atoms. The molecule has 0 fully saturated rings. The number of halogens is 1. The van der Waals surface area contributed by atoms with E-state index in [0.717, 1.165) is 11.6 Å². The second-order valence-corrected chi connectivity index (χ2v) is 4.79. The maximum absolute atomic E-state index is 13.2. The number of rotatable bonds is 2. The Labute approximate surface area is 119 Å². The monoisotopic (exact) mass is 286 g/mol. The molecule has 1 heterocycles. The summed E-state index contributed by atoms with van der Waals surface area (Å²) in [5.41, 5.74) is 1.57. The number of amides is 1. The molecule has 21 heavy (non-hydrogen) atoms. The van der Waals surface area contributed by atoms with Crippen molar-refractivity contribution in [2.75, 3.05) is 11.4 Å². The van der Waals surface area contributed by atoms with E-state index < -0.39 is 10.7 Å². The fraction of sp³-hybridized carbons (Fsp3) is 0.133. The van der Waals surface area contributed by atoms with E-state index in [-0.39, 0.29) is 17.2 Å². The minimum absolute atomic E-state index is 0.0623. The molecule has 0 aliphatic carbocycles. The predicted octanol–water partition coefficient (Wildman–Crippen LogP) is 2.94. The number of benzene rings is 2. The van der Waals surface area contributed by atoms with E-state index in [1.807, 2.05) is 0 Å². The van der Waals surface area contributed by atoms with Crippen LogP contribution in [0.3, 0.4) is 0 Å². The number of hydrogen-bond donors (Lipinski definition) is 0. The smallest absolute Gasteiger partial charge is 0.271 e. The molecular formula is C15H11FN2O3. The molecule has 1 amide bonds. The Kier molecular flexibility index (Phi) is 3.13. The molecule has 0 atom stereocenters. The van der Waals surface area contributed by atoms with Crippen LogP contribution in [0.25, 0.3) is 0 Å². The van der Waals surface area contributed by atoms with Crippen LogP contribution in [0.15, 0.2) is 42.5 Å². The van der Waals surface area contributed by atoms with Crippen LogP contribution in [-0.2, 0) is 6.42 Å². The van der Waals surface area contributed by atoms with Gasteiger partial charge in [-0.2, -0.15) is 0 Å². The first kappa shape index (κ1) is 13.2. The molecule has 0 aromatic heterocycles. The largest absolute Gasteiger partial charge is 0.307 e. The Hall–Kier alpha value is -2.76. The van der Waals surface area contributed by atoms with Gasteiger partial charge in [0.15, 0.2) is 0 Å². The summed E-state index contributed by atoms with van der Waals surface area (Å²) in [6.45, 7) is 0.436. The molecule has 0 saturated heterocycles. The lowest BCUT2D eigenvalue weighted by atomic mass is 10.1. The quantitative estimate of drug-likeness (QED) is 0.630. The minimum Gasteiger partial charge on any atom is -0.307 e. The summed E-state index contributed by atoms with van der Waals surface area (Å²) in [6, 6.07) is 9.89. The van der Waals surface area contributed by atoms with Gasteiger partial charge in [0.1, 0.15) is 5.82 Å². The van der Waals surface area contributed by atoms with Crippen LogP contribution in [0, 0.1) is 15.9 Å². The lowest BCUT2D eigenvalue weighted by molar-refractivity contribution is -0.384. The van der Waals surface area contributed by atoms with Crippen molar-refractivity contribution >= 4 is 17.3 Å². The fourth-order valence-corrected chi connectivity index (χ4v) is 2.47. The average Bonchev–Trinajstić information content (AvgIpc) is 2.89. The summed E-state index contributed by atoms with van der Waals surface area (Å²) in [6.07, 6.45) is 0.633. The van der Waals surface area contributed by atoms with Crippen molar-refractivity contribution in [3.8, 4) is 0 Å². The van der Waals surface area contributed by atoms with Crippen LogP contribution in [0.4, 0.5) is 15.8 Å². The maximum Gasteiger partial charge on any atom is 0.271 e. The van der Waals surface area contributed by atoms with Gasteiger partial charge in [-0.3, -0.25) is 14.9 Å². The van der Waals surface area contributed by atoms with E-state index >= 15 is 0 Å². The highest BCUT2D eigenvalue weighted by Gasteiger charge is 2.27. The molecule has 2 aromatic rings. The van der Waals surface area contributed by atoms with Gasteiger partial charge in [-0.25, -0.2) is 4.39 Å². The SMILES string of the molecule is O=C(c1cccc(F)c1)N1CCc2ccc([N+](=O)[O-])cc21. The lowest BCUT2D eigenvalue weighted by Gasteiger charge is -2.17. The maximum atomic E-state index is 13.2. The van der Waals surface area contributed by atoms with Crippen molar-refractivity contribution in [2.45, 2.75) is 6.42 Å². The number of non-ortho nitro benzene ring substituents is 1. The summed E-state index contributed by atoms with van der Waals surface area (Å²) >= 11 is 0. The van der Waals surface area contributed by atoms with Crippen LogP contribution in [0.2, 0.25) is 0 Å². The third-order valence-corrected chi connectivity index (χ3v) is 3.49. The van der Waals surface area contributed by atoms with Crippen molar-refractivity contribution in [3.63, 3.8) is 0 Å². The van der Waals surface area contributed by atoms with Crippen molar-refractivity contribution in [3.05, 3.63) is 69.5 Å². The molecule has 0 radical (unpaired) electrons. The molecular weight excluding hydrogens is 275 g/mol. The summed E-state index contributed by atoms with van der Waals surface area (Å²) < 4.78 is 13.2. The molecule has 6 heteroatoms. The molecule has 0 unspecified atom stereocenters. The predicted molar refractivity (Wildman–Crippen MR) is 74.9 cm³/mol. The third-order valence-electron chi connectivity index (χ3n) is 3.49. The number of fused-ring (bicyclic) bond motifs is 1. The zero-order valence-corrected chi connectivity index (χ0v) is 11.0. The normalized spacial score (nSPS) is 13.1. The average molecular weight is 286 g/mol. The number of carbonyl (C=O) groups excluding carboxylic acids is 1. The van der Waals surface area contributed by atoms with Gasteiger partial charge in [0.25, 0.3) is 11.6 Å². The Balaban J connectivity index is 1.98. The van der Waals surface area contributed by atoms with E-state index in [2.05, 4.69) is 0 Å². The van der Waals surface area contributed by atoms with E-state index in [4.69, 9.17) is 0 Å². The zero-order chi connectivity index (χ0) is 15.0. The number of carbonyl (C=O) groups is 1. The molecule has 1 aliphatic rings. The van der Waals surface area contributed by atoms with Gasteiger partial charge in [0.2, 0.25) is 0 Å². The first-order valence-electron chi connectivity index (χ1n) is 6.41. The van der Waals surface area contributed by atoms with Crippen LogP contribution in [-0.4, -0.2) is 17.4 Å². The molecule has 106 valence electrons. The Morgan fingerprint density at radius 2 is 2.05 bits per heavy atom. The Morgan fingerprint density at radius 3 is 2.76 bits per heavy atom. The zero-order valence-electron chi connectivity index (χ0n) is 11.0. The molecule has 3 rings (SSSR count). The van der Waals surface area contributed by atoms with Crippen LogP contribution >= 0.6 is 0 Å². The number of anilines is 1. The summed E-state index contributed by atoms with van der Waals surface area (Å²) in [7, 11) is 0.